The van der Waals surface area contributed by atoms with E-state index in [1.165, 1.54) is 11.1 Å². The third-order valence-corrected chi connectivity index (χ3v) is 3.32. The SMILES string of the molecule is CCOCCN(CCOCC)Cc1ccc(CNC)cc1. The summed E-state index contributed by atoms with van der Waals surface area (Å²) in [7, 11) is 1.97. The Labute approximate surface area is 129 Å². The Balaban J connectivity index is 2.48. The number of benzene rings is 1. The van der Waals surface area contributed by atoms with Gasteiger partial charge in [0.05, 0.1) is 13.2 Å². The molecule has 0 aliphatic rings. The third-order valence-electron chi connectivity index (χ3n) is 3.32. The summed E-state index contributed by atoms with van der Waals surface area (Å²) in [5, 5.41) is 3.17. The topological polar surface area (TPSA) is 33.7 Å². The van der Waals surface area contributed by atoms with Gasteiger partial charge < -0.3 is 14.8 Å². The summed E-state index contributed by atoms with van der Waals surface area (Å²) in [5.74, 6) is 0. The zero-order valence-electron chi connectivity index (χ0n) is 13.7. The second-order valence-electron chi connectivity index (χ2n) is 5.02. The van der Waals surface area contributed by atoms with E-state index >= 15 is 0 Å². The molecule has 4 nitrogen and oxygen atoms in total. The summed E-state index contributed by atoms with van der Waals surface area (Å²) in [6, 6.07) is 8.80. The van der Waals surface area contributed by atoms with Crippen LogP contribution in [0.4, 0.5) is 0 Å². The van der Waals surface area contributed by atoms with Gasteiger partial charge in [-0.2, -0.15) is 0 Å². The lowest BCUT2D eigenvalue weighted by Crippen LogP contribution is -2.30. The molecule has 0 saturated carbocycles. The van der Waals surface area contributed by atoms with E-state index < -0.39 is 0 Å². The van der Waals surface area contributed by atoms with Crippen molar-refractivity contribution in [2.24, 2.45) is 0 Å². The number of nitrogens with one attached hydrogen (secondary N) is 1. The van der Waals surface area contributed by atoms with Gasteiger partial charge in [0.25, 0.3) is 0 Å². The Hall–Kier alpha value is -0.940. The van der Waals surface area contributed by atoms with Crippen LogP contribution in [-0.2, 0) is 22.6 Å². The molecule has 1 aromatic carbocycles. The Bertz CT molecular complexity index is 344. The maximum absolute atomic E-state index is 5.47. The van der Waals surface area contributed by atoms with Crippen LogP contribution in [0.5, 0.6) is 0 Å². The van der Waals surface area contributed by atoms with Gasteiger partial charge in [-0.25, -0.2) is 0 Å². The zero-order valence-corrected chi connectivity index (χ0v) is 13.7. The fourth-order valence-electron chi connectivity index (χ4n) is 2.17. The number of ether oxygens (including phenoxy) is 2. The van der Waals surface area contributed by atoms with Gasteiger partial charge in [-0.05, 0) is 32.0 Å². The van der Waals surface area contributed by atoms with Crippen LogP contribution < -0.4 is 5.32 Å². The zero-order chi connectivity index (χ0) is 15.3. The van der Waals surface area contributed by atoms with Crippen LogP contribution in [0, 0.1) is 0 Å². The molecule has 0 heterocycles. The Morgan fingerprint density at radius 1 is 0.905 bits per heavy atom. The molecule has 0 bridgehead atoms. The van der Waals surface area contributed by atoms with E-state index in [1.54, 1.807) is 0 Å². The molecule has 0 radical (unpaired) electrons. The number of hydrogen-bond donors (Lipinski definition) is 1. The van der Waals surface area contributed by atoms with E-state index in [2.05, 4.69) is 34.5 Å². The van der Waals surface area contributed by atoms with Crippen LogP contribution >= 0.6 is 0 Å². The lowest BCUT2D eigenvalue weighted by atomic mass is 10.1. The molecule has 0 aromatic heterocycles. The molecule has 4 heteroatoms. The summed E-state index contributed by atoms with van der Waals surface area (Å²) in [6.45, 7) is 10.9. The lowest BCUT2D eigenvalue weighted by molar-refractivity contribution is 0.0798. The average molecular weight is 294 g/mol. The van der Waals surface area contributed by atoms with Crippen LogP contribution in [0.25, 0.3) is 0 Å². The summed E-state index contributed by atoms with van der Waals surface area (Å²) in [5.41, 5.74) is 2.65. The monoisotopic (exact) mass is 294 g/mol. The minimum atomic E-state index is 0.776. The van der Waals surface area contributed by atoms with Crippen molar-refractivity contribution in [3.05, 3.63) is 35.4 Å². The quantitative estimate of drug-likeness (QED) is 0.600. The van der Waals surface area contributed by atoms with Crippen LogP contribution in [0.3, 0.4) is 0 Å². The molecular weight excluding hydrogens is 264 g/mol. The molecule has 21 heavy (non-hydrogen) atoms. The highest BCUT2D eigenvalue weighted by Crippen LogP contribution is 2.08. The molecule has 0 unspecified atom stereocenters. The van der Waals surface area contributed by atoms with E-state index in [0.29, 0.717) is 0 Å². The van der Waals surface area contributed by atoms with Gasteiger partial charge in [0.2, 0.25) is 0 Å². The van der Waals surface area contributed by atoms with Crippen LogP contribution in [0.1, 0.15) is 25.0 Å². The van der Waals surface area contributed by atoms with E-state index in [1.807, 2.05) is 20.9 Å². The summed E-state index contributed by atoms with van der Waals surface area (Å²) in [6.07, 6.45) is 0. The molecule has 0 fully saturated rings. The largest absolute Gasteiger partial charge is 0.380 e. The Kier molecular flexibility index (Phi) is 10.1. The minimum absolute atomic E-state index is 0.776. The second kappa shape index (κ2) is 11.7. The summed E-state index contributed by atoms with van der Waals surface area (Å²) >= 11 is 0. The predicted octanol–water partition coefficient (Wildman–Crippen LogP) is 2.28. The first-order valence-corrected chi connectivity index (χ1v) is 7.90. The first-order chi connectivity index (χ1) is 10.3. The molecule has 0 spiro atoms. The van der Waals surface area contributed by atoms with Crippen molar-refractivity contribution in [3.63, 3.8) is 0 Å². The Morgan fingerprint density at radius 3 is 1.90 bits per heavy atom. The van der Waals surface area contributed by atoms with Crippen molar-refractivity contribution in [3.8, 4) is 0 Å². The number of rotatable bonds is 12. The van der Waals surface area contributed by atoms with Crippen LogP contribution in [0.2, 0.25) is 0 Å². The van der Waals surface area contributed by atoms with Crippen molar-refractivity contribution in [1.82, 2.24) is 10.2 Å². The normalized spacial score (nSPS) is 11.2. The highest BCUT2D eigenvalue weighted by molar-refractivity contribution is 5.22. The van der Waals surface area contributed by atoms with Crippen molar-refractivity contribution in [2.75, 3.05) is 46.6 Å². The smallest absolute Gasteiger partial charge is 0.0593 e. The van der Waals surface area contributed by atoms with Gasteiger partial charge in [-0.3, -0.25) is 4.90 Å². The molecule has 120 valence electrons. The molecule has 0 atom stereocenters. The predicted molar refractivity (Wildman–Crippen MR) is 87.5 cm³/mol. The minimum Gasteiger partial charge on any atom is -0.380 e. The summed E-state index contributed by atoms with van der Waals surface area (Å²) in [4.78, 5) is 2.39. The highest BCUT2D eigenvalue weighted by atomic mass is 16.5. The molecule has 0 amide bonds. The van der Waals surface area contributed by atoms with Gasteiger partial charge in [-0.15, -0.1) is 0 Å². The molecule has 0 saturated heterocycles. The highest BCUT2D eigenvalue weighted by Gasteiger charge is 2.06. The molecule has 0 aliphatic heterocycles. The fraction of sp³-hybridized carbons (Fsp3) is 0.647. The fourth-order valence-corrected chi connectivity index (χ4v) is 2.17. The lowest BCUT2D eigenvalue weighted by Gasteiger charge is -2.22. The number of nitrogens with zero attached hydrogens (tertiary/aromatic N) is 1. The van der Waals surface area contributed by atoms with Gasteiger partial charge in [0, 0.05) is 39.4 Å². The van der Waals surface area contributed by atoms with Crippen molar-refractivity contribution < 1.29 is 9.47 Å². The van der Waals surface area contributed by atoms with E-state index in [4.69, 9.17) is 9.47 Å². The van der Waals surface area contributed by atoms with Gasteiger partial charge in [-0.1, -0.05) is 24.3 Å². The van der Waals surface area contributed by atoms with Gasteiger partial charge in [0.15, 0.2) is 0 Å². The molecule has 1 N–H and O–H groups in total. The van der Waals surface area contributed by atoms with E-state index in [9.17, 15) is 0 Å². The average Bonchev–Trinajstić information content (AvgIpc) is 2.50. The summed E-state index contributed by atoms with van der Waals surface area (Å²) < 4.78 is 10.9. The van der Waals surface area contributed by atoms with Crippen LogP contribution in [0.15, 0.2) is 24.3 Å². The van der Waals surface area contributed by atoms with Crippen molar-refractivity contribution in [2.45, 2.75) is 26.9 Å². The molecule has 1 rings (SSSR count). The van der Waals surface area contributed by atoms with Crippen LogP contribution in [-0.4, -0.2) is 51.5 Å². The van der Waals surface area contributed by atoms with Crippen molar-refractivity contribution >= 4 is 0 Å². The standard InChI is InChI=1S/C17H30N2O2/c1-4-20-12-10-19(11-13-21-5-2)15-17-8-6-16(7-9-17)14-18-3/h6-9,18H,4-5,10-15H2,1-3H3. The van der Waals surface area contributed by atoms with E-state index in [0.717, 1.165) is 52.6 Å². The number of hydrogen-bond acceptors (Lipinski definition) is 4. The van der Waals surface area contributed by atoms with E-state index in [-0.39, 0.29) is 0 Å². The Morgan fingerprint density at radius 2 is 1.43 bits per heavy atom. The maximum Gasteiger partial charge on any atom is 0.0593 e. The second-order valence-corrected chi connectivity index (χ2v) is 5.02. The molecule has 1 aromatic rings. The van der Waals surface area contributed by atoms with Crippen molar-refractivity contribution in [1.29, 1.82) is 0 Å². The van der Waals surface area contributed by atoms with Gasteiger partial charge in [0.1, 0.15) is 0 Å². The first-order valence-electron chi connectivity index (χ1n) is 7.90. The third kappa shape index (κ3) is 8.17. The molecule has 0 aliphatic carbocycles. The van der Waals surface area contributed by atoms with Gasteiger partial charge >= 0.3 is 0 Å². The first kappa shape index (κ1) is 18.1. The molecular formula is C17H30N2O2. The maximum atomic E-state index is 5.47.